The van der Waals surface area contributed by atoms with E-state index in [0.717, 1.165) is 60.8 Å². The van der Waals surface area contributed by atoms with Gasteiger partial charge in [-0.3, -0.25) is 0 Å². The maximum absolute atomic E-state index is 5.81. The molecule has 3 rings (SSSR count). The molecule has 1 unspecified atom stereocenters. The van der Waals surface area contributed by atoms with Crippen LogP contribution < -0.4 is 16.0 Å². The third kappa shape index (κ3) is 9.90. The van der Waals surface area contributed by atoms with Crippen molar-refractivity contribution in [1.29, 1.82) is 0 Å². The number of unbranched alkanes of at least 4 members (excludes halogenated alkanes) is 1. The van der Waals surface area contributed by atoms with Gasteiger partial charge in [0.05, 0.1) is 11.8 Å². The predicted octanol–water partition coefficient (Wildman–Crippen LogP) is 7.44. The Labute approximate surface area is 213 Å². The van der Waals surface area contributed by atoms with Crippen molar-refractivity contribution in [3.63, 3.8) is 0 Å². The highest BCUT2D eigenvalue weighted by Crippen LogP contribution is 2.33. The molecule has 0 bridgehead atoms. The number of nitrogens with one attached hydrogen (secondary N) is 4. The zero-order valence-corrected chi connectivity index (χ0v) is 23.3. The van der Waals surface area contributed by atoms with Crippen molar-refractivity contribution < 1.29 is 4.74 Å². The molecule has 1 atom stereocenters. The first-order valence-corrected chi connectivity index (χ1v) is 13.4. The molecule has 0 spiro atoms. The molecule has 0 aliphatic carbocycles. The number of ether oxygens (including phenoxy) is 1. The summed E-state index contributed by atoms with van der Waals surface area (Å²) in [5.74, 6) is 0.839. The number of anilines is 2. The van der Waals surface area contributed by atoms with Gasteiger partial charge in [0.15, 0.2) is 0 Å². The lowest BCUT2D eigenvalue weighted by molar-refractivity contribution is 0.0585. The number of pyridine rings is 1. The van der Waals surface area contributed by atoms with Gasteiger partial charge < -0.3 is 25.7 Å². The summed E-state index contributed by atoms with van der Waals surface area (Å²) in [6.45, 7) is 15.3. The Morgan fingerprint density at radius 3 is 2.43 bits per heavy atom. The summed E-state index contributed by atoms with van der Waals surface area (Å²) in [6.07, 6.45) is 6.74. The number of rotatable bonds is 12. The summed E-state index contributed by atoms with van der Waals surface area (Å²) in [7, 11) is 3.80. The van der Waals surface area contributed by atoms with Gasteiger partial charge >= 0.3 is 0 Å². The van der Waals surface area contributed by atoms with Gasteiger partial charge in [-0.2, -0.15) is 0 Å². The van der Waals surface area contributed by atoms with E-state index in [2.05, 4.69) is 77.9 Å². The van der Waals surface area contributed by atoms with Crippen LogP contribution in [-0.4, -0.2) is 43.3 Å². The third-order valence-corrected chi connectivity index (χ3v) is 5.37. The lowest BCUT2D eigenvalue weighted by Gasteiger charge is -2.13. The van der Waals surface area contributed by atoms with Crippen molar-refractivity contribution in [3.8, 4) is 11.3 Å². The second-order valence-corrected chi connectivity index (χ2v) is 8.39. The van der Waals surface area contributed by atoms with Crippen LogP contribution in [0.25, 0.3) is 22.2 Å². The van der Waals surface area contributed by atoms with Crippen LogP contribution in [-0.2, 0) is 11.3 Å². The number of hydrogen-bond donors (Lipinski definition) is 4. The van der Waals surface area contributed by atoms with Crippen LogP contribution in [0.2, 0.25) is 0 Å². The molecular weight excluding hydrogens is 434 g/mol. The van der Waals surface area contributed by atoms with Gasteiger partial charge in [-0.25, -0.2) is 4.98 Å². The van der Waals surface area contributed by atoms with Crippen molar-refractivity contribution in [1.82, 2.24) is 15.3 Å². The van der Waals surface area contributed by atoms with Crippen LogP contribution in [0.4, 0.5) is 11.5 Å². The third-order valence-electron chi connectivity index (χ3n) is 5.37. The summed E-state index contributed by atoms with van der Waals surface area (Å²) >= 11 is 0. The molecule has 0 fully saturated rings. The maximum atomic E-state index is 5.81. The van der Waals surface area contributed by atoms with E-state index in [0.29, 0.717) is 6.10 Å². The quantitative estimate of drug-likeness (QED) is 0.201. The van der Waals surface area contributed by atoms with Crippen LogP contribution in [0.1, 0.15) is 72.8 Å². The van der Waals surface area contributed by atoms with Gasteiger partial charge in [-0.1, -0.05) is 53.5 Å². The Morgan fingerprint density at radius 1 is 1.03 bits per heavy atom. The van der Waals surface area contributed by atoms with Gasteiger partial charge in [0.25, 0.3) is 0 Å². The van der Waals surface area contributed by atoms with Gasteiger partial charge in [0.2, 0.25) is 0 Å². The van der Waals surface area contributed by atoms with Crippen LogP contribution in [0, 0.1) is 0 Å². The lowest BCUT2D eigenvalue weighted by Crippen LogP contribution is -2.20. The summed E-state index contributed by atoms with van der Waals surface area (Å²) < 4.78 is 5.81. The van der Waals surface area contributed by atoms with E-state index < -0.39 is 0 Å². The average molecular weight is 484 g/mol. The van der Waals surface area contributed by atoms with Crippen LogP contribution in [0.3, 0.4) is 0 Å². The minimum atomic E-state index is 0.308. The minimum Gasteiger partial charge on any atom is -0.385 e. The molecule has 0 amide bonds. The molecule has 196 valence electrons. The van der Waals surface area contributed by atoms with Crippen molar-refractivity contribution in [2.75, 3.05) is 37.9 Å². The molecule has 0 saturated carbocycles. The maximum Gasteiger partial charge on any atom is 0.149 e. The number of nitrogens with zero attached hydrogens (tertiary/aromatic N) is 1. The Hall–Kier alpha value is -2.57. The Bertz CT molecular complexity index is 953. The standard InChI is InChI=1S/C24H35N5O.C3H8.C2H6/c1-5-6-13-30-17(2)9-11-27-16-18-7-8-21-19(14-18)15-22(29-21)20-10-12-28-24(26-4)23(20)25-3;1-3-2;1-2/h7-8,10,12,14-15,17,25,27,29H,5-6,9,11,13,16H2,1-4H3,(H,26,28);3H2,1-2H3;1-2H3. The van der Waals surface area contributed by atoms with Gasteiger partial charge in [-0.15, -0.1) is 0 Å². The second kappa shape index (κ2) is 17.8. The molecule has 3 aromatic rings. The van der Waals surface area contributed by atoms with Crippen molar-refractivity contribution >= 4 is 22.4 Å². The topological polar surface area (TPSA) is 74.0 Å². The molecule has 6 nitrogen and oxygen atoms in total. The zero-order chi connectivity index (χ0) is 26.1. The second-order valence-electron chi connectivity index (χ2n) is 8.39. The largest absolute Gasteiger partial charge is 0.385 e. The highest BCUT2D eigenvalue weighted by molar-refractivity contribution is 5.91. The molecule has 6 heteroatoms. The summed E-state index contributed by atoms with van der Waals surface area (Å²) in [6, 6.07) is 10.8. The first kappa shape index (κ1) is 30.5. The fourth-order valence-electron chi connectivity index (χ4n) is 3.62. The Kier molecular flexibility index (Phi) is 15.5. The highest BCUT2D eigenvalue weighted by atomic mass is 16.5. The van der Waals surface area contributed by atoms with E-state index in [4.69, 9.17) is 4.74 Å². The van der Waals surface area contributed by atoms with Crippen LogP contribution in [0.15, 0.2) is 36.5 Å². The SMILES string of the molecule is CC.CCC.CCCCOC(C)CCNCc1ccc2[nH]c(-c3ccnc(NC)c3NC)cc2c1. The number of H-pyrrole nitrogens is 1. The molecule has 0 radical (unpaired) electrons. The van der Waals surface area contributed by atoms with Crippen molar-refractivity contribution in [2.24, 2.45) is 0 Å². The number of hydrogen-bond acceptors (Lipinski definition) is 5. The first-order chi connectivity index (χ1) is 17.1. The zero-order valence-electron chi connectivity index (χ0n) is 23.3. The predicted molar refractivity (Wildman–Crippen MR) is 155 cm³/mol. The molecule has 0 saturated heterocycles. The number of aromatic nitrogens is 2. The Morgan fingerprint density at radius 2 is 1.77 bits per heavy atom. The molecule has 1 aromatic carbocycles. The first-order valence-electron chi connectivity index (χ1n) is 13.4. The molecule has 0 aliphatic rings. The summed E-state index contributed by atoms with van der Waals surface area (Å²) in [5.41, 5.74) is 5.59. The van der Waals surface area contributed by atoms with E-state index in [-0.39, 0.29) is 0 Å². The average Bonchev–Trinajstić information content (AvgIpc) is 3.31. The van der Waals surface area contributed by atoms with E-state index in [1.807, 2.05) is 40.2 Å². The van der Waals surface area contributed by atoms with E-state index in [1.54, 1.807) is 0 Å². The fourth-order valence-corrected chi connectivity index (χ4v) is 3.62. The van der Waals surface area contributed by atoms with Gasteiger partial charge in [-0.05, 0) is 56.1 Å². The molecule has 0 aliphatic heterocycles. The molecular formula is C29H49N5O. The van der Waals surface area contributed by atoms with Gasteiger partial charge in [0, 0.05) is 55.6 Å². The van der Waals surface area contributed by atoms with E-state index in [9.17, 15) is 0 Å². The minimum absolute atomic E-state index is 0.308. The monoisotopic (exact) mass is 483 g/mol. The van der Waals surface area contributed by atoms with Crippen molar-refractivity contribution in [2.45, 2.75) is 79.9 Å². The van der Waals surface area contributed by atoms with Crippen LogP contribution >= 0.6 is 0 Å². The molecule has 2 heterocycles. The van der Waals surface area contributed by atoms with Crippen LogP contribution in [0.5, 0.6) is 0 Å². The van der Waals surface area contributed by atoms with E-state index in [1.165, 1.54) is 23.8 Å². The number of benzene rings is 1. The highest BCUT2D eigenvalue weighted by Gasteiger charge is 2.12. The van der Waals surface area contributed by atoms with Crippen molar-refractivity contribution in [3.05, 3.63) is 42.1 Å². The smallest absolute Gasteiger partial charge is 0.149 e. The molecule has 4 N–H and O–H groups in total. The number of aromatic amines is 1. The summed E-state index contributed by atoms with van der Waals surface area (Å²) in [4.78, 5) is 7.93. The normalized spacial score (nSPS) is 11.2. The number of fused-ring (bicyclic) bond motifs is 1. The van der Waals surface area contributed by atoms with Gasteiger partial charge in [0.1, 0.15) is 5.82 Å². The van der Waals surface area contributed by atoms with E-state index >= 15 is 0 Å². The Balaban J connectivity index is 0.00000114. The fraction of sp³-hybridized carbons (Fsp3) is 0.552. The molecule has 2 aromatic heterocycles. The lowest BCUT2D eigenvalue weighted by atomic mass is 10.1. The molecule has 35 heavy (non-hydrogen) atoms. The summed E-state index contributed by atoms with van der Waals surface area (Å²) in [5, 5.41) is 11.2.